The molecular weight excluding hydrogens is 240 g/mol. The van der Waals surface area contributed by atoms with Crippen molar-refractivity contribution in [2.24, 2.45) is 0 Å². The van der Waals surface area contributed by atoms with Crippen LogP contribution >= 0.6 is 22.9 Å². The van der Waals surface area contributed by atoms with E-state index in [1.807, 2.05) is 24.3 Å². The highest BCUT2D eigenvalue weighted by atomic mass is 35.5. The molecule has 0 fully saturated rings. The standard InChI is InChI=1S/C13H13ClOS/c14-9-12-2-1-3-13(8-12)15-6-4-11-5-7-16-10-11/h1-3,5,7-8,10H,4,6,9H2. The van der Waals surface area contributed by atoms with Gasteiger partial charge >= 0.3 is 0 Å². The molecule has 1 nitrogen and oxygen atoms in total. The zero-order valence-electron chi connectivity index (χ0n) is 8.86. The molecule has 0 aliphatic rings. The molecule has 2 aromatic rings. The lowest BCUT2D eigenvalue weighted by Crippen LogP contribution is -2.00. The van der Waals surface area contributed by atoms with Gasteiger partial charge in [-0.25, -0.2) is 0 Å². The summed E-state index contributed by atoms with van der Waals surface area (Å²) < 4.78 is 5.67. The van der Waals surface area contributed by atoms with Crippen LogP contribution < -0.4 is 4.74 Å². The molecule has 2 rings (SSSR count). The number of alkyl halides is 1. The molecule has 16 heavy (non-hydrogen) atoms. The number of ether oxygens (including phenoxy) is 1. The van der Waals surface area contributed by atoms with E-state index in [1.54, 1.807) is 11.3 Å². The molecule has 0 atom stereocenters. The Morgan fingerprint density at radius 1 is 1.19 bits per heavy atom. The van der Waals surface area contributed by atoms with Crippen LogP contribution in [0.15, 0.2) is 41.1 Å². The summed E-state index contributed by atoms with van der Waals surface area (Å²) in [4.78, 5) is 0. The first kappa shape index (κ1) is 11.5. The van der Waals surface area contributed by atoms with Crippen molar-refractivity contribution >= 4 is 22.9 Å². The van der Waals surface area contributed by atoms with Gasteiger partial charge in [0, 0.05) is 12.3 Å². The number of halogens is 1. The van der Waals surface area contributed by atoms with Gasteiger partial charge in [0.15, 0.2) is 0 Å². The van der Waals surface area contributed by atoms with Crippen molar-refractivity contribution in [2.45, 2.75) is 12.3 Å². The van der Waals surface area contributed by atoms with Crippen LogP contribution in [-0.4, -0.2) is 6.61 Å². The molecule has 1 aromatic heterocycles. The third-order valence-corrected chi connectivity index (χ3v) is 3.33. The molecule has 1 heterocycles. The summed E-state index contributed by atoms with van der Waals surface area (Å²) in [6, 6.07) is 10.0. The number of hydrogen-bond acceptors (Lipinski definition) is 2. The summed E-state index contributed by atoms with van der Waals surface area (Å²) in [6.07, 6.45) is 0.953. The van der Waals surface area contributed by atoms with Gasteiger partial charge in [0.1, 0.15) is 5.75 Å². The predicted molar refractivity (Wildman–Crippen MR) is 69.5 cm³/mol. The molecule has 0 bridgehead atoms. The highest BCUT2D eigenvalue weighted by molar-refractivity contribution is 7.07. The van der Waals surface area contributed by atoms with E-state index < -0.39 is 0 Å². The van der Waals surface area contributed by atoms with Crippen molar-refractivity contribution < 1.29 is 4.74 Å². The first-order valence-corrected chi connectivity index (χ1v) is 6.65. The van der Waals surface area contributed by atoms with E-state index in [2.05, 4.69) is 16.8 Å². The molecule has 1 aromatic carbocycles. The minimum absolute atomic E-state index is 0.529. The fourth-order valence-corrected chi connectivity index (χ4v) is 2.31. The summed E-state index contributed by atoms with van der Waals surface area (Å²) in [5.41, 5.74) is 2.42. The quantitative estimate of drug-likeness (QED) is 0.728. The Balaban J connectivity index is 1.85. The fourth-order valence-electron chi connectivity index (χ4n) is 1.44. The summed E-state index contributed by atoms with van der Waals surface area (Å²) in [6.45, 7) is 0.711. The van der Waals surface area contributed by atoms with Crippen molar-refractivity contribution in [3.63, 3.8) is 0 Å². The van der Waals surface area contributed by atoms with Gasteiger partial charge in [-0.2, -0.15) is 11.3 Å². The predicted octanol–water partition coefficient (Wildman–Crippen LogP) is 4.11. The lowest BCUT2D eigenvalue weighted by Gasteiger charge is -2.06. The summed E-state index contributed by atoms with van der Waals surface area (Å²) in [5, 5.41) is 4.24. The lowest BCUT2D eigenvalue weighted by atomic mass is 10.2. The van der Waals surface area contributed by atoms with E-state index in [-0.39, 0.29) is 0 Å². The third kappa shape index (κ3) is 3.26. The van der Waals surface area contributed by atoms with Crippen LogP contribution in [0.25, 0.3) is 0 Å². The zero-order valence-corrected chi connectivity index (χ0v) is 10.4. The summed E-state index contributed by atoms with van der Waals surface area (Å²) in [5.74, 6) is 1.43. The molecule has 0 radical (unpaired) electrons. The Morgan fingerprint density at radius 2 is 2.12 bits per heavy atom. The number of rotatable bonds is 5. The Labute approximate surface area is 105 Å². The smallest absolute Gasteiger partial charge is 0.119 e. The zero-order chi connectivity index (χ0) is 11.2. The van der Waals surface area contributed by atoms with Gasteiger partial charge in [0.25, 0.3) is 0 Å². The number of hydrogen-bond donors (Lipinski definition) is 0. The van der Waals surface area contributed by atoms with E-state index in [1.165, 1.54) is 5.56 Å². The largest absolute Gasteiger partial charge is 0.493 e. The first-order valence-electron chi connectivity index (χ1n) is 5.17. The monoisotopic (exact) mass is 252 g/mol. The van der Waals surface area contributed by atoms with Crippen molar-refractivity contribution in [3.8, 4) is 5.75 Å². The molecule has 0 amide bonds. The van der Waals surface area contributed by atoms with E-state index in [0.717, 1.165) is 17.7 Å². The van der Waals surface area contributed by atoms with E-state index in [9.17, 15) is 0 Å². The maximum Gasteiger partial charge on any atom is 0.119 e. The van der Waals surface area contributed by atoms with E-state index in [0.29, 0.717) is 12.5 Å². The second-order valence-electron chi connectivity index (χ2n) is 3.51. The Hall–Kier alpha value is -0.990. The van der Waals surface area contributed by atoms with Crippen molar-refractivity contribution in [3.05, 3.63) is 52.2 Å². The minimum Gasteiger partial charge on any atom is -0.493 e. The summed E-state index contributed by atoms with van der Waals surface area (Å²) in [7, 11) is 0. The third-order valence-electron chi connectivity index (χ3n) is 2.29. The number of benzene rings is 1. The van der Waals surface area contributed by atoms with Crippen LogP contribution in [0.1, 0.15) is 11.1 Å². The summed E-state index contributed by atoms with van der Waals surface area (Å²) >= 11 is 7.48. The average Bonchev–Trinajstić information content (AvgIpc) is 2.82. The van der Waals surface area contributed by atoms with Crippen LogP contribution in [0.5, 0.6) is 5.75 Å². The molecule has 0 aliphatic heterocycles. The Bertz CT molecular complexity index is 425. The highest BCUT2D eigenvalue weighted by Crippen LogP contribution is 2.15. The topological polar surface area (TPSA) is 9.23 Å². The molecule has 3 heteroatoms. The van der Waals surface area contributed by atoms with Crippen LogP contribution in [0.3, 0.4) is 0 Å². The van der Waals surface area contributed by atoms with Gasteiger partial charge in [0.2, 0.25) is 0 Å². The SMILES string of the molecule is ClCc1cccc(OCCc2ccsc2)c1. The average molecular weight is 253 g/mol. The normalized spacial score (nSPS) is 10.3. The Morgan fingerprint density at radius 3 is 2.88 bits per heavy atom. The van der Waals surface area contributed by atoms with Gasteiger partial charge in [-0.15, -0.1) is 11.6 Å². The molecule has 0 aliphatic carbocycles. The molecule has 0 N–H and O–H groups in total. The van der Waals surface area contributed by atoms with E-state index >= 15 is 0 Å². The second-order valence-corrected chi connectivity index (χ2v) is 4.56. The van der Waals surface area contributed by atoms with Gasteiger partial charge < -0.3 is 4.74 Å². The van der Waals surface area contributed by atoms with Crippen LogP contribution in [-0.2, 0) is 12.3 Å². The van der Waals surface area contributed by atoms with Gasteiger partial charge in [-0.3, -0.25) is 0 Å². The van der Waals surface area contributed by atoms with Gasteiger partial charge in [-0.05, 0) is 40.1 Å². The first-order chi connectivity index (χ1) is 7.88. The number of thiophene rings is 1. The molecule has 0 spiro atoms. The van der Waals surface area contributed by atoms with Crippen LogP contribution in [0, 0.1) is 0 Å². The van der Waals surface area contributed by atoms with Gasteiger partial charge in [-0.1, -0.05) is 12.1 Å². The molecule has 0 saturated heterocycles. The highest BCUT2D eigenvalue weighted by Gasteiger charge is 1.97. The molecular formula is C13H13ClOS. The molecule has 0 saturated carbocycles. The maximum absolute atomic E-state index is 5.76. The minimum atomic E-state index is 0.529. The van der Waals surface area contributed by atoms with E-state index in [4.69, 9.17) is 16.3 Å². The Kier molecular flexibility index (Phi) is 4.25. The van der Waals surface area contributed by atoms with Crippen molar-refractivity contribution in [2.75, 3.05) is 6.61 Å². The fraction of sp³-hybridized carbons (Fsp3) is 0.231. The van der Waals surface area contributed by atoms with Crippen molar-refractivity contribution in [1.29, 1.82) is 0 Å². The van der Waals surface area contributed by atoms with Crippen molar-refractivity contribution in [1.82, 2.24) is 0 Å². The second kappa shape index (κ2) is 5.92. The molecule has 84 valence electrons. The lowest BCUT2D eigenvalue weighted by molar-refractivity contribution is 0.322. The van der Waals surface area contributed by atoms with Crippen LogP contribution in [0.2, 0.25) is 0 Å². The van der Waals surface area contributed by atoms with Crippen LogP contribution in [0.4, 0.5) is 0 Å². The van der Waals surface area contributed by atoms with Gasteiger partial charge in [0.05, 0.1) is 6.61 Å². The maximum atomic E-state index is 5.76. The molecule has 0 unspecified atom stereocenters.